The van der Waals surface area contributed by atoms with Gasteiger partial charge in [0.15, 0.2) is 23.0 Å². The molecule has 1 aromatic carbocycles. The summed E-state index contributed by atoms with van der Waals surface area (Å²) in [5.74, 6) is 1.56. The molecule has 5 atom stereocenters. The molecule has 1 saturated carbocycles. The highest BCUT2D eigenvalue weighted by molar-refractivity contribution is 7.16. The molecular weight excluding hydrogens is 1040 g/mol. The molecule has 1 spiro atoms. The van der Waals surface area contributed by atoms with Crippen molar-refractivity contribution in [3.63, 3.8) is 0 Å². The van der Waals surface area contributed by atoms with Crippen LogP contribution >= 0.6 is 22.7 Å². The number of nitrogens with zero attached hydrogens (tertiary/aromatic N) is 12. The van der Waals surface area contributed by atoms with Crippen molar-refractivity contribution in [3.8, 4) is 45.5 Å². The minimum atomic E-state index is -0.824. The van der Waals surface area contributed by atoms with E-state index in [2.05, 4.69) is 46.7 Å². The van der Waals surface area contributed by atoms with Gasteiger partial charge in [0.1, 0.15) is 29.5 Å². The maximum Gasteiger partial charge on any atom is 0.248 e. The summed E-state index contributed by atoms with van der Waals surface area (Å²) >= 11 is 3.11. The number of aromatic nitrogens is 9. The second-order valence-corrected chi connectivity index (χ2v) is 24.6. The van der Waals surface area contributed by atoms with Crippen LogP contribution in [0.4, 0.5) is 5.00 Å². The summed E-state index contributed by atoms with van der Waals surface area (Å²) < 4.78 is 20.8. The Morgan fingerprint density at radius 2 is 1.80 bits per heavy atom. The largest absolute Gasteiger partial charge is 0.477 e. The Kier molecular flexibility index (Phi) is 14.3. The van der Waals surface area contributed by atoms with E-state index >= 15 is 0 Å². The predicted octanol–water partition coefficient (Wildman–Crippen LogP) is 8.29. The molecule has 20 nitrogen and oxygen atoms in total. The SMILES string of the molecule is Cc1ncsc1-c1ccc([C@H](C)NC(=O)[C@@H]2C[C@@H](O)CN2C(=O)[C@H](C(C)C)n2cc(C3CCN(CC4(COc5cc(Oc6cncnc6)nc(-c6noc7c6CCC[C@@]76CCCc7sc(N)c(C#N)c76)n5)CC4)CC3)nn2)cc1. The average Bonchev–Trinajstić information content (AvgIpc) is 3.94. The number of benzene rings is 1. The number of likely N-dealkylation sites (tertiary alicyclic amines) is 2. The molecule has 6 aromatic heterocycles. The van der Waals surface area contributed by atoms with E-state index in [-0.39, 0.29) is 54.0 Å². The Morgan fingerprint density at radius 3 is 2.52 bits per heavy atom. The number of hydrogen-bond donors (Lipinski definition) is 3. The molecule has 410 valence electrons. The first-order chi connectivity index (χ1) is 38.3. The van der Waals surface area contributed by atoms with Gasteiger partial charge in [-0.25, -0.2) is 19.6 Å². The van der Waals surface area contributed by atoms with Gasteiger partial charge in [0.05, 0.1) is 70.0 Å². The number of piperidine rings is 1. The van der Waals surface area contributed by atoms with Crippen LogP contribution in [0.25, 0.3) is 22.0 Å². The molecule has 0 radical (unpaired) electrons. The van der Waals surface area contributed by atoms with Crippen molar-refractivity contribution in [2.24, 2.45) is 11.3 Å². The summed E-state index contributed by atoms with van der Waals surface area (Å²) in [7, 11) is 0. The second kappa shape index (κ2) is 21.5. The highest BCUT2D eigenvalue weighted by atomic mass is 32.1. The number of thiazole rings is 1. The number of rotatable bonds is 16. The molecule has 0 unspecified atom stereocenters. The Balaban J connectivity index is 0.689. The Bertz CT molecular complexity index is 3410. The Hall–Kier alpha value is -7.19. The van der Waals surface area contributed by atoms with Gasteiger partial charge < -0.3 is 40.0 Å². The zero-order valence-electron chi connectivity index (χ0n) is 44.8. The summed E-state index contributed by atoms with van der Waals surface area (Å²) in [6.07, 6.45) is 14.7. The average molecular weight is 1110 g/mol. The van der Waals surface area contributed by atoms with Gasteiger partial charge in [-0.1, -0.05) is 48.5 Å². The number of nitrogens with one attached hydrogen (secondary N) is 1. The molecule has 3 aliphatic carbocycles. The molecule has 2 saturated heterocycles. The number of carbonyl (C=O) groups is 2. The first-order valence-corrected chi connectivity index (χ1v) is 29.2. The van der Waals surface area contributed by atoms with Crippen LogP contribution in [0.5, 0.6) is 17.5 Å². The third-order valence-electron chi connectivity index (χ3n) is 16.9. The van der Waals surface area contributed by atoms with E-state index in [1.807, 2.05) is 63.7 Å². The minimum absolute atomic E-state index is 0.0533. The topological polar surface area (TPSA) is 262 Å². The van der Waals surface area contributed by atoms with Crippen LogP contribution in [0.3, 0.4) is 0 Å². The van der Waals surface area contributed by atoms with E-state index in [0.29, 0.717) is 40.3 Å². The van der Waals surface area contributed by atoms with Gasteiger partial charge >= 0.3 is 0 Å². The molecule has 7 aromatic rings. The Labute approximate surface area is 465 Å². The number of fused-ring (bicyclic) bond motifs is 4. The number of aryl methyl sites for hydroxylation is 2. The summed E-state index contributed by atoms with van der Waals surface area (Å²) in [6, 6.07) is 10.3. The first-order valence-electron chi connectivity index (χ1n) is 27.5. The molecule has 5 aliphatic rings. The number of thiophene rings is 1. The third-order valence-corrected chi connectivity index (χ3v) is 19.0. The van der Waals surface area contributed by atoms with Crippen LogP contribution in [-0.2, 0) is 27.8 Å². The van der Waals surface area contributed by atoms with Crippen molar-refractivity contribution in [2.45, 2.75) is 134 Å². The highest BCUT2D eigenvalue weighted by Crippen LogP contribution is 2.55. The third kappa shape index (κ3) is 10.3. The van der Waals surface area contributed by atoms with Crippen molar-refractivity contribution in [1.29, 1.82) is 5.26 Å². The van der Waals surface area contributed by atoms with Crippen LogP contribution in [0.15, 0.2) is 65.3 Å². The highest BCUT2D eigenvalue weighted by Gasteiger charge is 2.50. The van der Waals surface area contributed by atoms with Crippen LogP contribution in [0.2, 0.25) is 0 Å². The van der Waals surface area contributed by atoms with Gasteiger partial charge in [0.2, 0.25) is 23.6 Å². The fraction of sp³-hybridized carbons (Fsp3) is 0.491. The number of amides is 2. The fourth-order valence-corrected chi connectivity index (χ4v) is 14.6. The van der Waals surface area contributed by atoms with Crippen molar-refractivity contribution in [2.75, 3.05) is 38.5 Å². The van der Waals surface area contributed by atoms with E-state index in [1.165, 1.54) is 22.6 Å². The fourth-order valence-electron chi connectivity index (χ4n) is 12.6. The summed E-state index contributed by atoms with van der Waals surface area (Å²) in [6.45, 7) is 11.0. The lowest BCUT2D eigenvalue weighted by Crippen LogP contribution is -2.49. The van der Waals surface area contributed by atoms with Gasteiger partial charge in [-0.05, 0) is 114 Å². The molecular formula is C57H64N14O6S2. The lowest BCUT2D eigenvalue weighted by Gasteiger charge is -2.39. The van der Waals surface area contributed by atoms with Crippen molar-refractivity contribution in [3.05, 3.63) is 105 Å². The summed E-state index contributed by atoms with van der Waals surface area (Å²) in [4.78, 5) is 57.1. The molecule has 2 amide bonds. The quantitative estimate of drug-likeness (QED) is 0.0822. The lowest BCUT2D eigenvalue weighted by atomic mass is 9.63. The summed E-state index contributed by atoms with van der Waals surface area (Å²) in [5.41, 5.74) is 14.6. The molecule has 22 heteroatoms. The number of aliphatic hydroxyl groups excluding tert-OH is 1. The molecule has 12 rings (SSSR count). The first kappa shape index (κ1) is 52.5. The number of ether oxygens (including phenoxy) is 2. The number of nitrogen functional groups attached to an aromatic ring is 1. The minimum Gasteiger partial charge on any atom is -0.477 e. The number of hydrogen-bond acceptors (Lipinski definition) is 19. The number of anilines is 1. The van der Waals surface area contributed by atoms with Gasteiger partial charge in [-0.2, -0.15) is 15.2 Å². The van der Waals surface area contributed by atoms with Gasteiger partial charge in [-0.15, -0.1) is 27.8 Å². The maximum atomic E-state index is 14.5. The zero-order valence-corrected chi connectivity index (χ0v) is 46.4. The van der Waals surface area contributed by atoms with Crippen molar-refractivity contribution >= 4 is 39.5 Å². The second-order valence-electron chi connectivity index (χ2n) is 22.6. The molecule has 2 aliphatic heterocycles. The normalized spacial score (nSPS) is 21.6. The number of carbonyl (C=O) groups excluding carboxylic acids is 2. The van der Waals surface area contributed by atoms with E-state index in [9.17, 15) is 20.0 Å². The number of nitriles is 1. The molecule has 3 fully saturated rings. The monoisotopic (exact) mass is 1100 g/mol. The number of nitrogens with two attached hydrogens (primary N) is 1. The van der Waals surface area contributed by atoms with E-state index < -0.39 is 23.6 Å². The number of β-amino-alcohol motifs (C(OH)–C–C–N with tert-alkyl or cyclic N) is 1. The molecule has 79 heavy (non-hydrogen) atoms. The van der Waals surface area contributed by atoms with Gasteiger partial charge in [0, 0.05) is 47.5 Å². The Morgan fingerprint density at radius 1 is 1.04 bits per heavy atom. The molecule has 8 heterocycles. The summed E-state index contributed by atoms with van der Waals surface area (Å²) in [5, 5.41) is 38.6. The van der Waals surface area contributed by atoms with Crippen LogP contribution in [-0.4, -0.2) is 117 Å². The predicted molar refractivity (Wildman–Crippen MR) is 294 cm³/mol. The van der Waals surface area contributed by atoms with Crippen LogP contribution < -0.4 is 20.5 Å². The smallest absolute Gasteiger partial charge is 0.248 e. The van der Waals surface area contributed by atoms with E-state index in [1.54, 1.807) is 34.5 Å². The number of aliphatic hydroxyl groups is 1. The van der Waals surface area contributed by atoms with Crippen LogP contribution in [0.1, 0.15) is 141 Å². The molecule has 0 bridgehead atoms. The van der Waals surface area contributed by atoms with Crippen LogP contribution in [0, 0.1) is 29.6 Å². The molecule has 4 N–H and O–H groups in total. The zero-order chi connectivity index (χ0) is 54.6. The lowest BCUT2D eigenvalue weighted by molar-refractivity contribution is -0.142. The van der Waals surface area contributed by atoms with Gasteiger partial charge in [-0.3, -0.25) is 9.59 Å². The maximum absolute atomic E-state index is 14.5. The van der Waals surface area contributed by atoms with Crippen molar-refractivity contribution < 1.29 is 28.7 Å². The van der Waals surface area contributed by atoms with Crippen molar-refractivity contribution in [1.82, 2.24) is 60.2 Å². The standard InChI is InChI=1S/C57H64N14O6S2/c1-32(2)49(55(74)70-26-38(72)21-43(70)54(73)63-33(3)35-9-11-37(12-10-35)50-34(4)62-31-78-50)71-27-42(66-68-71)36-13-19-69(20-14-36)28-56(17-18-56)29-75-45-22-46(76-39-24-60-30-61-25-39)65-53(64-45)48-40-7-5-15-57(51(40)77-67-48)16-6-8-44-47(57)41(23-58)52(59)79-44/h9-12,22,24-25,27,30-33,36,38,43,49,72H,5-8,13-21,26,28-29,59H2,1-4H3,(H,63,73)/t33-,38+,43-,49-,57-/m0/s1. The van der Waals surface area contributed by atoms with E-state index in [4.69, 9.17) is 29.7 Å². The van der Waals surface area contributed by atoms with E-state index in [0.717, 1.165) is 133 Å². The van der Waals surface area contributed by atoms with Gasteiger partial charge in [0.25, 0.3) is 0 Å².